The maximum atomic E-state index is 12.9. The zero-order valence-electron chi connectivity index (χ0n) is 15.3. The number of aliphatic hydroxyl groups is 1. The number of rotatable bonds is 6. The van der Waals surface area contributed by atoms with Crippen molar-refractivity contribution in [1.82, 2.24) is 9.80 Å². The fourth-order valence-corrected chi connectivity index (χ4v) is 3.11. The zero-order valence-corrected chi connectivity index (χ0v) is 15.3. The van der Waals surface area contributed by atoms with E-state index in [4.69, 9.17) is 4.74 Å². The summed E-state index contributed by atoms with van der Waals surface area (Å²) in [6, 6.07) is 8.06. The molecule has 5 nitrogen and oxygen atoms in total. The number of hydrogen-bond acceptors (Lipinski definition) is 4. The Morgan fingerprint density at radius 1 is 1.29 bits per heavy atom. The van der Waals surface area contributed by atoms with Crippen LogP contribution in [0.2, 0.25) is 0 Å². The average Bonchev–Trinajstić information content (AvgIpc) is 2.55. The molecule has 1 unspecified atom stereocenters. The monoisotopic (exact) mass is 334 g/mol. The van der Waals surface area contributed by atoms with Gasteiger partial charge in [-0.1, -0.05) is 29.8 Å². The highest BCUT2D eigenvalue weighted by Crippen LogP contribution is 2.25. The minimum absolute atomic E-state index is 0.0207. The second-order valence-corrected chi connectivity index (χ2v) is 7.24. The number of morpholine rings is 1. The highest BCUT2D eigenvalue weighted by Gasteiger charge is 2.33. The smallest absolute Gasteiger partial charge is 0.232 e. The molecule has 1 aliphatic rings. The number of amides is 1. The molecule has 1 heterocycles. The summed E-state index contributed by atoms with van der Waals surface area (Å²) >= 11 is 0. The molecule has 1 atom stereocenters. The summed E-state index contributed by atoms with van der Waals surface area (Å²) in [6.45, 7) is 9.91. The van der Waals surface area contributed by atoms with Crippen molar-refractivity contribution >= 4 is 5.91 Å². The van der Waals surface area contributed by atoms with Gasteiger partial charge in [-0.05, 0) is 26.3 Å². The number of carbonyl (C=O) groups is 1. The molecule has 1 aromatic rings. The van der Waals surface area contributed by atoms with Crippen LogP contribution in [0.25, 0.3) is 0 Å². The number of hydrogen-bond donors (Lipinski definition) is 1. The van der Waals surface area contributed by atoms with Crippen molar-refractivity contribution in [3.05, 3.63) is 35.4 Å². The molecular weight excluding hydrogens is 304 g/mol. The number of β-amino-alcohol motifs (C(OH)–C–C–N with tert-alkyl or cyclic N) is 1. The van der Waals surface area contributed by atoms with Crippen LogP contribution in [0.1, 0.15) is 25.0 Å². The summed E-state index contributed by atoms with van der Waals surface area (Å²) in [5.74, 6) is 0.0207. The van der Waals surface area contributed by atoms with Gasteiger partial charge in [0.1, 0.15) is 0 Å². The Morgan fingerprint density at radius 2 is 1.88 bits per heavy atom. The number of ether oxygens (including phenoxy) is 1. The highest BCUT2D eigenvalue weighted by molar-refractivity contribution is 5.87. The van der Waals surface area contributed by atoms with E-state index in [1.807, 2.05) is 45.0 Å². The molecule has 134 valence electrons. The summed E-state index contributed by atoms with van der Waals surface area (Å²) in [6.07, 6.45) is -0.550. The molecule has 0 aliphatic carbocycles. The van der Waals surface area contributed by atoms with Crippen LogP contribution in [0, 0.1) is 6.92 Å². The van der Waals surface area contributed by atoms with Gasteiger partial charge in [-0.3, -0.25) is 9.69 Å². The molecule has 1 N–H and O–H groups in total. The van der Waals surface area contributed by atoms with Crippen molar-refractivity contribution < 1.29 is 14.6 Å². The quantitative estimate of drug-likeness (QED) is 0.855. The van der Waals surface area contributed by atoms with Crippen LogP contribution in [0.3, 0.4) is 0 Å². The molecule has 0 bridgehead atoms. The molecule has 24 heavy (non-hydrogen) atoms. The van der Waals surface area contributed by atoms with Gasteiger partial charge in [0.25, 0.3) is 0 Å². The van der Waals surface area contributed by atoms with Gasteiger partial charge in [0.2, 0.25) is 5.91 Å². The Morgan fingerprint density at radius 3 is 2.46 bits per heavy atom. The molecular formula is C19H30N2O3. The van der Waals surface area contributed by atoms with Crippen LogP contribution in [0.4, 0.5) is 0 Å². The Bertz CT molecular complexity index is 536. The minimum atomic E-state index is -0.610. The Balaban J connectivity index is 1.93. The van der Waals surface area contributed by atoms with E-state index in [0.717, 1.165) is 18.7 Å². The Hall–Kier alpha value is -1.43. The first-order valence-electron chi connectivity index (χ1n) is 8.61. The SMILES string of the molecule is Cc1ccc(C(C)(C)C(=O)N(C)CC(O)CN2CCOCC2)cc1. The number of carbonyl (C=O) groups excluding carboxylic acids is 1. The van der Waals surface area contributed by atoms with E-state index in [0.29, 0.717) is 26.3 Å². The maximum Gasteiger partial charge on any atom is 0.232 e. The lowest BCUT2D eigenvalue weighted by Crippen LogP contribution is -2.48. The first kappa shape index (κ1) is 18.9. The first-order chi connectivity index (χ1) is 11.3. The number of aryl methyl sites for hydroxylation is 1. The van der Waals surface area contributed by atoms with Gasteiger partial charge in [-0.25, -0.2) is 0 Å². The van der Waals surface area contributed by atoms with Gasteiger partial charge in [0.15, 0.2) is 0 Å². The van der Waals surface area contributed by atoms with E-state index < -0.39 is 11.5 Å². The minimum Gasteiger partial charge on any atom is -0.390 e. The lowest BCUT2D eigenvalue weighted by Gasteiger charge is -2.33. The summed E-state index contributed by atoms with van der Waals surface area (Å²) < 4.78 is 5.31. The first-order valence-corrected chi connectivity index (χ1v) is 8.61. The Kier molecular flexibility index (Phi) is 6.38. The van der Waals surface area contributed by atoms with E-state index in [1.54, 1.807) is 11.9 Å². The van der Waals surface area contributed by atoms with Crippen LogP contribution < -0.4 is 0 Å². The van der Waals surface area contributed by atoms with E-state index in [1.165, 1.54) is 5.56 Å². The van der Waals surface area contributed by atoms with E-state index in [9.17, 15) is 9.90 Å². The molecule has 0 saturated carbocycles. The summed E-state index contributed by atoms with van der Waals surface area (Å²) in [7, 11) is 1.76. The van der Waals surface area contributed by atoms with Gasteiger partial charge >= 0.3 is 0 Å². The Labute approximate surface area is 145 Å². The molecule has 1 amide bonds. The highest BCUT2D eigenvalue weighted by atomic mass is 16.5. The van der Waals surface area contributed by atoms with Gasteiger partial charge < -0.3 is 14.7 Å². The van der Waals surface area contributed by atoms with Crippen LogP contribution in [0.15, 0.2) is 24.3 Å². The van der Waals surface area contributed by atoms with Crippen LogP contribution >= 0.6 is 0 Å². The predicted molar refractivity (Wildman–Crippen MR) is 95.1 cm³/mol. The average molecular weight is 334 g/mol. The second-order valence-electron chi connectivity index (χ2n) is 7.24. The van der Waals surface area contributed by atoms with Crippen molar-refractivity contribution in [2.24, 2.45) is 0 Å². The molecule has 0 aromatic heterocycles. The maximum absolute atomic E-state index is 12.9. The van der Waals surface area contributed by atoms with Crippen LogP contribution in [-0.4, -0.2) is 73.4 Å². The molecule has 1 aliphatic heterocycles. The van der Waals surface area contributed by atoms with Crippen LogP contribution in [0.5, 0.6) is 0 Å². The molecule has 0 spiro atoms. The lowest BCUT2D eigenvalue weighted by atomic mass is 9.83. The third-order valence-corrected chi connectivity index (χ3v) is 4.71. The molecule has 1 aromatic carbocycles. The summed E-state index contributed by atoms with van der Waals surface area (Å²) in [5, 5.41) is 10.3. The van der Waals surface area contributed by atoms with Gasteiger partial charge in [0, 0.05) is 33.2 Å². The topological polar surface area (TPSA) is 53.0 Å². The fraction of sp³-hybridized carbons (Fsp3) is 0.632. The van der Waals surface area contributed by atoms with Gasteiger partial charge in [-0.2, -0.15) is 0 Å². The third-order valence-electron chi connectivity index (χ3n) is 4.71. The number of likely N-dealkylation sites (N-methyl/N-ethyl adjacent to an activating group) is 1. The zero-order chi connectivity index (χ0) is 17.7. The van der Waals surface area contributed by atoms with Crippen molar-refractivity contribution in [2.75, 3.05) is 46.4 Å². The molecule has 0 radical (unpaired) electrons. The predicted octanol–water partition coefficient (Wildman–Crippen LogP) is 1.42. The molecule has 1 saturated heterocycles. The van der Waals surface area contributed by atoms with Crippen LogP contribution in [-0.2, 0) is 14.9 Å². The second kappa shape index (κ2) is 8.10. The number of benzene rings is 1. The standard InChI is InChI=1S/C19H30N2O3/c1-15-5-7-16(8-6-15)19(2,3)18(23)20(4)13-17(22)14-21-9-11-24-12-10-21/h5-8,17,22H,9-14H2,1-4H3. The number of aliphatic hydroxyl groups excluding tert-OH is 1. The molecule has 1 fully saturated rings. The van der Waals surface area contributed by atoms with Crippen molar-refractivity contribution in [2.45, 2.75) is 32.3 Å². The number of nitrogens with zero attached hydrogens (tertiary/aromatic N) is 2. The lowest BCUT2D eigenvalue weighted by molar-refractivity contribution is -0.136. The van der Waals surface area contributed by atoms with E-state index in [-0.39, 0.29) is 5.91 Å². The fourth-order valence-electron chi connectivity index (χ4n) is 3.11. The largest absolute Gasteiger partial charge is 0.390 e. The van der Waals surface area contributed by atoms with Crippen molar-refractivity contribution in [3.8, 4) is 0 Å². The van der Waals surface area contributed by atoms with Crippen molar-refractivity contribution in [3.63, 3.8) is 0 Å². The normalized spacial score (nSPS) is 17.5. The summed E-state index contributed by atoms with van der Waals surface area (Å²) in [4.78, 5) is 16.7. The third kappa shape index (κ3) is 4.79. The van der Waals surface area contributed by atoms with E-state index in [2.05, 4.69) is 4.90 Å². The van der Waals surface area contributed by atoms with E-state index >= 15 is 0 Å². The summed E-state index contributed by atoms with van der Waals surface area (Å²) in [5.41, 5.74) is 1.56. The molecule has 5 heteroatoms. The van der Waals surface area contributed by atoms with Gasteiger partial charge in [0.05, 0.1) is 24.7 Å². The van der Waals surface area contributed by atoms with Gasteiger partial charge in [-0.15, -0.1) is 0 Å². The molecule has 2 rings (SSSR count). The van der Waals surface area contributed by atoms with Crippen molar-refractivity contribution in [1.29, 1.82) is 0 Å².